The molecule has 0 aromatic rings. The third-order valence-corrected chi connectivity index (χ3v) is 2.26. The maximum absolute atomic E-state index is 9.56. The summed E-state index contributed by atoms with van der Waals surface area (Å²) in [5, 5.41) is 3.26. The maximum atomic E-state index is 9.56. The maximum Gasteiger partial charge on any atom is 0.397 e. The fourth-order valence-electron chi connectivity index (χ4n) is 1.03. The second kappa shape index (κ2) is 8.00. The van der Waals surface area contributed by atoms with Crippen LogP contribution in [0.25, 0.3) is 0 Å². The lowest BCUT2D eigenvalue weighted by Gasteiger charge is -2.21. The topological polar surface area (TPSA) is 84.9 Å². The Kier molecular flexibility index (Phi) is 7.89. The molecule has 0 radical (unpaired) electrons. The van der Waals surface area contributed by atoms with Crippen LogP contribution in [-0.2, 0) is 19.3 Å². The molecule has 1 aliphatic rings. The van der Waals surface area contributed by atoms with Crippen molar-refractivity contribution in [1.29, 1.82) is 0 Å². The molecule has 1 aliphatic heterocycles. The van der Waals surface area contributed by atoms with Crippen LogP contribution < -0.4 is 5.32 Å². The molecule has 0 bridgehead atoms. The second-order valence-corrected chi connectivity index (χ2v) is 4.03. The summed E-state index contributed by atoms with van der Waals surface area (Å²) in [6.07, 6.45) is 1.61. The highest BCUT2D eigenvalue weighted by Crippen LogP contribution is 1.98. The lowest BCUT2D eigenvalue weighted by Crippen LogP contribution is -2.37. The van der Waals surface area contributed by atoms with E-state index in [-0.39, 0.29) is 6.61 Å². The molecule has 0 aliphatic carbocycles. The van der Waals surface area contributed by atoms with E-state index < -0.39 is 10.4 Å². The largest absolute Gasteiger partial charge is 0.397 e. The van der Waals surface area contributed by atoms with Gasteiger partial charge in [0.2, 0.25) is 0 Å². The summed E-state index contributed by atoms with van der Waals surface area (Å²) in [5.74, 6) is 0. The van der Waals surface area contributed by atoms with Gasteiger partial charge in [-0.05, 0) is 13.3 Å². The summed E-state index contributed by atoms with van der Waals surface area (Å²) in [5.41, 5.74) is 0. The number of rotatable bonds is 3. The zero-order chi connectivity index (χ0) is 11.7. The molecule has 1 fully saturated rings. The molecule has 0 spiro atoms. The summed E-state index contributed by atoms with van der Waals surface area (Å²) in [7, 11) is -4.17. The molecule has 7 heteroatoms. The second-order valence-electron chi connectivity index (χ2n) is 2.94. The molecule has 6 nitrogen and oxygen atoms in total. The van der Waals surface area contributed by atoms with E-state index in [4.69, 9.17) is 9.29 Å². The average Bonchev–Trinajstić information content (AvgIpc) is 2.18. The van der Waals surface area contributed by atoms with Crippen LogP contribution in [0.1, 0.15) is 20.3 Å². The Morgan fingerprint density at radius 2 is 2.20 bits per heavy atom. The van der Waals surface area contributed by atoms with Crippen LogP contribution in [-0.4, -0.2) is 45.4 Å². The highest BCUT2D eigenvalue weighted by Gasteiger charge is 2.08. The Labute approximate surface area is 90.9 Å². The zero-order valence-electron chi connectivity index (χ0n) is 9.10. The first kappa shape index (κ1) is 14.8. The van der Waals surface area contributed by atoms with E-state index >= 15 is 0 Å². The molecule has 1 unspecified atom stereocenters. The van der Waals surface area contributed by atoms with Gasteiger partial charge in [0.25, 0.3) is 0 Å². The first-order valence-electron chi connectivity index (χ1n) is 4.93. The number of nitrogens with one attached hydrogen (secondary N) is 1. The van der Waals surface area contributed by atoms with E-state index in [2.05, 4.69) is 16.4 Å². The number of hydrogen-bond acceptors (Lipinski definition) is 5. The van der Waals surface area contributed by atoms with Crippen LogP contribution in [0.3, 0.4) is 0 Å². The van der Waals surface area contributed by atoms with Crippen molar-refractivity contribution in [3.63, 3.8) is 0 Å². The summed E-state index contributed by atoms with van der Waals surface area (Å²) in [4.78, 5) is 0. The van der Waals surface area contributed by atoms with Gasteiger partial charge in [0.15, 0.2) is 0 Å². The van der Waals surface area contributed by atoms with Crippen molar-refractivity contribution in [3.05, 3.63) is 0 Å². The Balaban J connectivity index is 0.000000265. The minimum atomic E-state index is -4.17. The van der Waals surface area contributed by atoms with E-state index in [1.807, 2.05) is 0 Å². The molecule has 1 saturated heterocycles. The van der Waals surface area contributed by atoms with Crippen LogP contribution in [0, 0.1) is 0 Å². The van der Waals surface area contributed by atoms with Crippen molar-refractivity contribution in [2.75, 3.05) is 26.3 Å². The Bertz CT molecular complexity index is 235. The molecule has 2 N–H and O–H groups in total. The summed E-state index contributed by atoms with van der Waals surface area (Å²) in [6.45, 7) is 6.54. The number of ether oxygens (including phenoxy) is 1. The van der Waals surface area contributed by atoms with Gasteiger partial charge in [-0.3, -0.25) is 4.55 Å². The van der Waals surface area contributed by atoms with E-state index in [1.54, 1.807) is 0 Å². The molecule has 1 atom stereocenters. The lowest BCUT2D eigenvalue weighted by molar-refractivity contribution is 0.0267. The normalized spacial score (nSPS) is 21.7. The highest BCUT2D eigenvalue weighted by atomic mass is 32.3. The minimum absolute atomic E-state index is 0.0289. The lowest BCUT2D eigenvalue weighted by atomic mass is 10.2. The fraction of sp³-hybridized carbons (Fsp3) is 1.00. The van der Waals surface area contributed by atoms with Crippen LogP contribution in [0.5, 0.6) is 0 Å². The van der Waals surface area contributed by atoms with Gasteiger partial charge in [0, 0.05) is 13.1 Å². The van der Waals surface area contributed by atoms with Crippen molar-refractivity contribution < 1.29 is 21.9 Å². The molecular weight excluding hydrogens is 222 g/mol. The van der Waals surface area contributed by atoms with Crippen LogP contribution in [0.15, 0.2) is 0 Å². The van der Waals surface area contributed by atoms with Crippen molar-refractivity contribution in [2.45, 2.75) is 26.4 Å². The van der Waals surface area contributed by atoms with Gasteiger partial charge in [-0.2, -0.15) is 8.42 Å². The van der Waals surface area contributed by atoms with Gasteiger partial charge in [0.1, 0.15) is 0 Å². The quantitative estimate of drug-likeness (QED) is 0.687. The first-order chi connectivity index (χ1) is 6.99. The first-order valence-corrected chi connectivity index (χ1v) is 6.30. The number of morpholine rings is 1. The molecule has 92 valence electrons. The average molecular weight is 241 g/mol. The van der Waals surface area contributed by atoms with Gasteiger partial charge in [-0.25, -0.2) is 4.18 Å². The third-order valence-electron chi connectivity index (χ3n) is 1.73. The molecule has 0 aromatic carbocycles. The standard InChI is InChI=1S/C6H13NO.C2H6O4S/c1-2-6-5-7-3-4-8-6;1-2-6-7(3,4)5/h6-7H,2-5H2,1H3;2H2,1H3,(H,3,4,5). The van der Waals surface area contributed by atoms with Gasteiger partial charge in [-0.15, -0.1) is 0 Å². The zero-order valence-corrected chi connectivity index (χ0v) is 9.92. The van der Waals surface area contributed by atoms with Gasteiger partial charge in [0.05, 0.1) is 19.3 Å². The Morgan fingerprint density at radius 1 is 1.53 bits per heavy atom. The molecule has 0 saturated carbocycles. The van der Waals surface area contributed by atoms with Crippen molar-refractivity contribution in [2.24, 2.45) is 0 Å². The summed E-state index contributed by atoms with van der Waals surface area (Å²) >= 11 is 0. The number of hydrogen-bond donors (Lipinski definition) is 2. The molecule has 1 heterocycles. The predicted octanol–water partition coefficient (Wildman–Crippen LogP) is 0.211. The highest BCUT2D eigenvalue weighted by molar-refractivity contribution is 7.80. The SMILES string of the molecule is CCC1CNCCO1.CCOS(=O)(=O)O. The third kappa shape index (κ3) is 10.1. The van der Waals surface area contributed by atoms with E-state index in [0.29, 0.717) is 6.10 Å². The van der Waals surface area contributed by atoms with E-state index in [1.165, 1.54) is 6.92 Å². The Hall–Kier alpha value is -0.210. The van der Waals surface area contributed by atoms with Crippen LogP contribution in [0.4, 0.5) is 0 Å². The fourth-order valence-corrected chi connectivity index (χ4v) is 1.33. The van der Waals surface area contributed by atoms with E-state index in [0.717, 1.165) is 26.1 Å². The van der Waals surface area contributed by atoms with Gasteiger partial charge in [-0.1, -0.05) is 6.92 Å². The molecule has 15 heavy (non-hydrogen) atoms. The van der Waals surface area contributed by atoms with Crippen LogP contribution in [0.2, 0.25) is 0 Å². The smallest absolute Gasteiger partial charge is 0.376 e. The van der Waals surface area contributed by atoms with E-state index in [9.17, 15) is 8.42 Å². The predicted molar refractivity (Wildman–Crippen MR) is 56.1 cm³/mol. The molecule has 0 aromatic heterocycles. The summed E-state index contributed by atoms with van der Waals surface area (Å²) in [6, 6.07) is 0. The monoisotopic (exact) mass is 241 g/mol. The van der Waals surface area contributed by atoms with Gasteiger partial charge >= 0.3 is 10.4 Å². The van der Waals surface area contributed by atoms with Gasteiger partial charge < -0.3 is 10.1 Å². The summed E-state index contributed by atoms with van der Waals surface area (Å²) < 4.78 is 36.0. The van der Waals surface area contributed by atoms with Crippen molar-refractivity contribution >= 4 is 10.4 Å². The molecule has 0 amide bonds. The van der Waals surface area contributed by atoms with Crippen molar-refractivity contribution in [1.82, 2.24) is 5.32 Å². The Morgan fingerprint density at radius 3 is 2.40 bits per heavy atom. The molecule has 1 rings (SSSR count). The van der Waals surface area contributed by atoms with Crippen LogP contribution >= 0.6 is 0 Å². The molecular formula is C8H19NO5S. The van der Waals surface area contributed by atoms with Crippen molar-refractivity contribution in [3.8, 4) is 0 Å². The minimum Gasteiger partial charge on any atom is -0.376 e.